The summed E-state index contributed by atoms with van der Waals surface area (Å²) in [6.45, 7) is 5.00. The average Bonchev–Trinajstić information content (AvgIpc) is 2.22. The summed E-state index contributed by atoms with van der Waals surface area (Å²) in [5.74, 6) is 1.73. The van der Waals surface area contributed by atoms with Crippen molar-refractivity contribution in [3.05, 3.63) is 22.7 Å². The first-order valence-electron chi connectivity index (χ1n) is 4.86. The van der Waals surface area contributed by atoms with Crippen LogP contribution in [-0.2, 0) is 5.88 Å². The van der Waals surface area contributed by atoms with Crippen molar-refractivity contribution < 1.29 is 9.47 Å². The third-order valence-corrected chi connectivity index (χ3v) is 2.50. The second-order valence-electron chi connectivity index (χ2n) is 2.89. The Hall–Kier alpha value is -0.600. The third kappa shape index (κ3) is 3.18. The zero-order valence-corrected chi connectivity index (χ0v) is 10.4. The van der Waals surface area contributed by atoms with Crippen LogP contribution in [0.3, 0.4) is 0 Å². The van der Waals surface area contributed by atoms with E-state index in [1.807, 2.05) is 19.9 Å². The van der Waals surface area contributed by atoms with Crippen LogP contribution < -0.4 is 9.47 Å². The van der Waals surface area contributed by atoms with Crippen LogP contribution in [0.4, 0.5) is 0 Å². The Labute approximate surface area is 100 Å². The molecule has 0 saturated carbocycles. The maximum atomic E-state index is 6.02. The number of rotatable bonds is 5. The van der Waals surface area contributed by atoms with Gasteiger partial charge in [-0.3, -0.25) is 0 Å². The minimum atomic E-state index is 0.366. The van der Waals surface area contributed by atoms with Gasteiger partial charge in [-0.2, -0.15) is 0 Å². The molecule has 0 fully saturated rings. The van der Waals surface area contributed by atoms with E-state index in [0.29, 0.717) is 35.6 Å². The van der Waals surface area contributed by atoms with Crippen molar-refractivity contribution in [3.63, 3.8) is 0 Å². The molecule has 0 N–H and O–H groups in total. The minimum absolute atomic E-state index is 0.366. The molecule has 1 rings (SSSR count). The molecule has 84 valence electrons. The molecule has 0 spiro atoms. The van der Waals surface area contributed by atoms with E-state index in [2.05, 4.69) is 0 Å². The van der Waals surface area contributed by atoms with Gasteiger partial charge in [0.1, 0.15) is 0 Å². The number of hydrogen-bond donors (Lipinski definition) is 0. The van der Waals surface area contributed by atoms with Crippen LogP contribution in [0.25, 0.3) is 0 Å². The fourth-order valence-corrected chi connectivity index (χ4v) is 1.73. The van der Waals surface area contributed by atoms with Crippen molar-refractivity contribution in [3.8, 4) is 11.5 Å². The molecule has 0 saturated heterocycles. The van der Waals surface area contributed by atoms with E-state index in [0.717, 1.165) is 5.56 Å². The maximum Gasteiger partial charge on any atom is 0.162 e. The van der Waals surface area contributed by atoms with Crippen LogP contribution in [0.2, 0.25) is 5.02 Å². The van der Waals surface area contributed by atoms with Crippen molar-refractivity contribution in [2.24, 2.45) is 0 Å². The van der Waals surface area contributed by atoms with E-state index < -0.39 is 0 Å². The van der Waals surface area contributed by atoms with Crippen molar-refractivity contribution in [2.45, 2.75) is 19.7 Å². The van der Waals surface area contributed by atoms with Crippen molar-refractivity contribution >= 4 is 23.2 Å². The van der Waals surface area contributed by atoms with Crippen molar-refractivity contribution in [1.82, 2.24) is 0 Å². The zero-order valence-electron chi connectivity index (χ0n) is 8.85. The van der Waals surface area contributed by atoms with E-state index in [4.69, 9.17) is 32.7 Å². The van der Waals surface area contributed by atoms with Gasteiger partial charge in [0, 0.05) is 17.0 Å². The first kappa shape index (κ1) is 12.5. The van der Waals surface area contributed by atoms with Gasteiger partial charge in [0.25, 0.3) is 0 Å². The first-order valence-corrected chi connectivity index (χ1v) is 5.78. The van der Waals surface area contributed by atoms with E-state index in [9.17, 15) is 0 Å². The molecule has 2 nitrogen and oxygen atoms in total. The predicted molar refractivity (Wildman–Crippen MR) is 63.3 cm³/mol. The quantitative estimate of drug-likeness (QED) is 0.737. The van der Waals surface area contributed by atoms with Crippen LogP contribution in [0.15, 0.2) is 12.1 Å². The summed E-state index contributed by atoms with van der Waals surface area (Å²) < 4.78 is 10.9. The molecule has 0 aliphatic heterocycles. The number of hydrogen-bond acceptors (Lipinski definition) is 2. The Morgan fingerprint density at radius 3 is 2.07 bits per heavy atom. The maximum absolute atomic E-state index is 6.02. The molecule has 1 aromatic rings. The summed E-state index contributed by atoms with van der Waals surface area (Å²) in [4.78, 5) is 0. The van der Waals surface area contributed by atoms with E-state index in [-0.39, 0.29) is 0 Å². The lowest BCUT2D eigenvalue weighted by molar-refractivity contribution is 0.287. The van der Waals surface area contributed by atoms with Crippen LogP contribution in [0.5, 0.6) is 11.5 Å². The molecule has 1 aromatic carbocycles. The first-order chi connectivity index (χ1) is 7.22. The molecule has 15 heavy (non-hydrogen) atoms. The highest BCUT2D eigenvalue weighted by Crippen LogP contribution is 2.34. The second kappa shape index (κ2) is 6.09. The predicted octanol–water partition coefficient (Wildman–Crippen LogP) is 3.88. The Morgan fingerprint density at radius 2 is 1.60 bits per heavy atom. The van der Waals surface area contributed by atoms with Crippen LogP contribution in [-0.4, -0.2) is 13.2 Å². The van der Waals surface area contributed by atoms with Crippen LogP contribution in [0, 0.1) is 0 Å². The molecule has 0 heterocycles. The fourth-order valence-electron chi connectivity index (χ4n) is 1.22. The number of alkyl halides is 1. The molecule has 0 bridgehead atoms. The van der Waals surface area contributed by atoms with Crippen molar-refractivity contribution in [2.75, 3.05) is 13.2 Å². The highest BCUT2D eigenvalue weighted by atomic mass is 35.5. The number of halogens is 2. The van der Waals surface area contributed by atoms with Gasteiger partial charge in [-0.15, -0.1) is 11.6 Å². The topological polar surface area (TPSA) is 18.5 Å². The molecule has 0 radical (unpaired) electrons. The van der Waals surface area contributed by atoms with Gasteiger partial charge in [0.2, 0.25) is 0 Å². The lowest BCUT2D eigenvalue weighted by Gasteiger charge is -2.12. The van der Waals surface area contributed by atoms with Gasteiger partial charge < -0.3 is 9.47 Å². The van der Waals surface area contributed by atoms with Gasteiger partial charge in [-0.1, -0.05) is 11.6 Å². The summed E-state index contributed by atoms with van der Waals surface area (Å²) in [6.07, 6.45) is 0. The number of ether oxygens (including phenoxy) is 2. The molecule has 0 aliphatic rings. The zero-order chi connectivity index (χ0) is 11.3. The normalized spacial score (nSPS) is 10.1. The third-order valence-electron chi connectivity index (χ3n) is 1.86. The summed E-state index contributed by atoms with van der Waals surface area (Å²) in [7, 11) is 0. The van der Waals surface area contributed by atoms with Crippen LogP contribution >= 0.6 is 23.2 Å². The highest BCUT2D eigenvalue weighted by Gasteiger charge is 2.09. The molecule has 0 atom stereocenters. The Bertz CT molecular complexity index is 327. The molecule has 0 aromatic heterocycles. The SMILES string of the molecule is CCOc1cc(Cl)c(CCl)cc1OCC. The molecule has 4 heteroatoms. The van der Waals surface area contributed by atoms with Gasteiger partial charge >= 0.3 is 0 Å². The summed E-state index contributed by atoms with van der Waals surface area (Å²) in [5.41, 5.74) is 0.852. The molecule has 0 unspecified atom stereocenters. The standard InChI is InChI=1S/C11H14Cl2O2/c1-3-14-10-5-8(7-12)9(13)6-11(10)15-4-2/h5-6H,3-4,7H2,1-2H3. The molecular weight excluding hydrogens is 235 g/mol. The van der Waals surface area contributed by atoms with Gasteiger partial charge in [0.05, 0.1) is 13.2 Å². The Balaban J connectivity index is 3.07. The largest absolute Gasteiger partial charge is 0.490 e. The Morgan fingerprint density at radius 1 is 1.07 bits per heavy atom. The second-order valence-corrected chi connectivity index (χ2v) is 3.56. The number of benzene rings is 1. The fraction of sp³-hybridized carbons (Fsp3) is 0.455. The summed E-state index contributed by atoms with van der Waals surface area (Å²) >= 11 is 11.8. The van der Waals surface area contributed by atoms with Crippen molar-refractivity contribution in [1.29, 1.82) is 0 Å². The summed E-state index contributed by atoms with van der Waals surface area (Å²) in [5, 5.41) is 0.608. The lowest BCUT2D eigenvalue weighted by Crippen LogP contribution is -1.99. The van der Waals surface area contributed by atoms with Gasteiger partial charge in [0.15, 0.2) is 11.5 Å². The molecular formula is C11H14Cl2O2. The van der Waals surface area contributed by atoms with E-state index in [1.165, 1.54) is 0 Å². The van der Waals surface area contributed by atoms with Crippen LogP contribution in [0.1, 0.15) is 19.4 Å². The smallest absolute Gasteiger partial charge is 0.162 e. The minimum Gasteiger partial charge on any atom is -0.490 e. The Kier molecular flexibility index (Phi) is 5.06. The highest BCUT2D eigenvalue weighted by molar-refractivity contribution is 6.32. The van der Waals surface area contributed by atoms with E-state index >= 15 is 0 Å². The van der Waals surface area contributed by atoms with Gasteiger partial charge in [-0.25, -0.2) is 0 Å². The summed E-state index contributed by atoms with van der Waals surface area (Å²) in [6, 6.07) is 3.57. The van der Waals surface area contributed by atoms with E-state index in [1.54, 1.807) is 6.07 Å². The lowest BCUT2D eigenvalue weighted by atomic mass is 10.2. The monoisotopic (exact) mass is 248 g/mol. The molecule has 0 aliphatic carbocycles. The molecule has 0 amide bonds. The van der Waals surface area contributed by atoms with Gasteiger partial charge in [-0.05, 0) is 25.5 Å². The average molecular weight is 249 g/mol.